The van der Waals surface area contributed by atoms with Gasteiger partial charge in [-0.2, -0.15) is 0 Å². The fraction of sp³-hybridized carbons (Fsp3) is 0.115. The van der Waals surface area contributed by atoms with Crippen molar-refractivity contribution in [1.29, 1.82) is 0 Å². The lowest BCUT2D eigenvalue weighted by atomic mass is 10.1. The van der Waals surface area contributed by atoms with E-state index in [9.17, 15) is 0 Å². The molecule has 0 radical (unpaired) electrons. The van der Waals surface area contributed by atoms with Crippen molar-refractivity contribution in [3.8, 4) is 44.5 Å². The molecule has 0 fully saturated rings. The molecule has 0 aliphatic rings. The zero-order chi connectivity index (χ0) is 21.4. The molecule has 3 aromatic carbocycles. The predicted molar refractivity (Wildman–Crippen MR) is 127 cm³/mol. The molecule has 0 amide bonds. The van der Waals surface area contributed by atoms with Crippen LogP contribution in [0.4, 0.5) is 0 Å². The second-order valence-electron chi connectivity index (χ2n) is 7.38. The van der Waals surface area contributed by atoms with Gasteiger partial charge in [-0.25, -0.2) is 4.98 Å². The summed E-state index contributed by atoms with van der Waals surface area (Å²) < 4.78 is 12.9. The Morgan fingerprint density at radius 1 is 0.710 bits per heavy atom. The van der Waals surface area contributed by atoms with Crippen molar-refractivity contribution in [1.82, 2.24) is 9.38 Å². The minimum Gasteiger partial charge on any atom is -0.497 e. The van der Waals surface area contributed by atoms with Crippen LogP contribution in [0.2, 0.25) is 0 Å². The van der Waals surface area contributed by atoms with Crippen LogP contribution >= 0.6 is 11.3 Å². The van der Waals surface area contributed by atoms with Gasteiger partial charge in [0.25, 0.3) is 0 Å². The maximum Gasteiger partial charge on any atom is 0.195 e. The van der Waals surface area contributed by atoms with E-state index in [1.54, 1.807) is 25.6 Å². The number of thiazole rings is 1. The molecule has 0 atom stereocenters. The molecule has 154 valence electrons. The molecule has 2 heterocycles. The van der Waals surface area contributed by atoms with Gasteiger partial charge >= 0.3 is 0 Å². The maximum atomic E-state index is 5.36. The summed E-state index contributed by atoms with van der Waals surface area (Å²) in [5, 5.41) is 0. The highest BCUT2D eigenvalue weighted by atomic mass is 32.1. The number of hydrogen-bond acceptors (Lipinski definition) is 4. The first kappa shape index (κ1) is 19.4. The van der Waals surface area contributed by atoms with Gasteiger partial charge in [-0.3, -0.25) is 4.40 Å². The number of ether oxygens (including phenoxy) is 2. The van der Waals surface area contributed by atoms with Crippen LogP contribution in [0.1, 0.15) is 5.56 Å². The number of benzene rings is 3. The van der Waals surface area contributed by atoms with Crippen LogP contribution in [0.25, 0.3) is 37.9 Å². The Morgan fingerprint density at radius 2 is 1.26 bits per heavy atom. The van der Waals surface area contributed by atoms with Crippen LogP contribution in [-0.4, -0.2) is 23.6 Å². The largest absolute Gasteiger partial charge is 0.497 e. The van der Waals surface area contributed by atoms with Gasteiger partial charge in [0, 0.05) is 17.3 Å². The monoisotopic (exact) mass is 426 g/mol. The molecule has 5 rings (SSSR count). The first-order valence-corrected chi connectivity index (χ1v) is 10.9. The second kappa shape index (κ2) is 7.93. The molecule has 5 heteroatoms. The quantitative estimate of drug-likeness (QED) is 0.313. The molecule has 0 spiro atoms. The van der Waals surface area contributed by atoms with Crippen LogP contribution < -0.4 is 9.47 Å². The number of aromatic nitrogens is 2. The normalized spacial score (nSPS) is 11.1. The van der Waals surface area contributed by atoms with E-state index in [4.69, 9.17) is 14.5 Å². The molecule has 31 heavy (non-hydrogen) atoms. The number of methoxy groups -OCH3 is 2. The van der Waals surface area contributed by atoms with E-state index in [0.29, 0.717) is 0 Å². The average molecular weight is 427 g/mol. The van der Waals surface area contributed by atoms with E-state index in [1.807, 2.05) is 24.3 Å². The summed E-state index contributed by atoms with van der Waals surface area (Å²) in [7, 11) is 3.37. The Balaban J connectivity index is 1.69. The molecule has 5 aromatic rings. The average Bonchev–Trinajstić information content (AvgIpc) is 3.38. The van der Waals surface area contributed by atoms with Gasteiger partial charge in [0.05, 0.1) is 30.5 Å². The standard InChI is InChI=1S/C26H22N2O2S/c1-17-4-6-18(7-5-17)23-16-28-24(19-8-12-21(29-2)13-9-19)25(31-26(28)27-23)20-10-14-22(30-3)15-11-20/h4-16H,1-3H3. The van der Waals surface area contributed by atoms with Gasteiger partial charge in [-0.05, 0) is 61.0 Å². The predicted octanol–water partition coefficient (Wildman–Crippen LogP) is 6.72. The molecule has 0 aliphatic carbocycles. The molecule has 0 saturated carbocycles. The van der Waals surface area contributed by atoms with E-state index in [0.717, 1.165) is 44.5 Å². The maximum absolute atomic E-state index is 5.36. The zero-order valence-corrected chi connectivity index (χ0v) is 18.4. The van der Waals surface area contributed by atoms with Crippen LogP contribution in [0.5, 0.6) is 11.5 Å². The SMILES string of the molecule is COc1ccc(-c2sc3nc(-c4ccc(C)cc4)cn3c2-c2ccc(OC)cc2)cc1. The van der Waals surface area contributed by atoms with Crippen molar-refractivity contribution >= 4 is 16.3 Å². The summed E-state index contributed by atoms with van der Waals surface area (Å²) in [5.41, 5.74) is 6.71. The van der Waals surface area contributed by atoms with E-state index >= 15 is 0 Å². The summed E-state index contributed by atoms with van der Waals surface area (Å²) in [5.74, 6) is 1.69. The minimum absolute atomic E-state index is 0.840. The van der Waals surface area contributed by atoms with Crippen molar-refractivity contribution in [3.05, 3.63) is 84.6 Å². The topological polar surface area (TPSA) is 35.8 Å². The molecule has 0 bridgehead atoms. The molecule has 2 aromatic heterocycles. The van der Waals surface area contributed by atoms with Crippen LogP contribution in [0, 0.1) is 6.92 Å². The Hall–Kier alpha value is -3.57. The van der Waals surface area contributed by atoms with Gasteiger partial charge in [0.2, 0.25) is 0 Å². The summed E-state index contributed by atoms with van der Waals surface area (Å²) in [6, 6.07) is 24.8. The van der Waals surface area contributed by atoms with Crippen LogP contribution in [-0.2, 0) is 0 Å². The number of fused-ring (bicyclic) bond motifs is 1. The van der Waals surface area contributed by atoms with Crippen molar-refractivity contribution in [3.63, 3.8) is 0 Å². The third-order valence-electron chi connectivity index (χ3n) is 5.39. The molecular weight excluding hydrogens is 404 g/mol. The highest BCUT2D eigenvalue weighted by Gasteiger charge is 2.19. The number of imidazole rings is 1. The third-order valence-corrected chi connectivity index (χ3v) is 6.49. The van der Waals surface area contributed by atoms with Crippen molar-refractivity contribution < 1.29 is 9.47 Å². The van der Waals surface area contributed by atoms with Gasteiger partial charge in [-0.1, -0.05) is 41.2 Å². The number of rotatable bonds is 5. The zero-order valence-electron chi connectivity index (χ0n) is 17.6. The van der Waals surface area contributed by atoms with E-state index in [2.05, 4.69) is 66.1 Å². The summed E-state index contributed by atoms with van der Waals surface area (Å²) in [6.45, 7) is 2.10. The van der Waals surface area contributed by atoms with Gasteiger partial charge < -0.3 is 9.47 Å². The van der Waals surface area contributed by atoms with Crippen LogP contribution in [0.3, 0.4) is 0 Å². The Labute approximate surface area is 185 Å². The van der Waals surface area contributed by atoms with Crippen molar-refractivity contribution in [2.45, 2.75) is 6.92 Å². The van der Waals surface area contributed by atoms with E-state index in [-0.39, 0.29) is 0 Å². The molecule has 0 unspecified atom stereocenters. The lowest BCUT2D eigenvalue weighted by Crippen LogP contribution is -1.89. The smallest absolute Gasteiger partial charge is 0.195 e. The summed E-state index contributed by atoms with van der Waals surface area (Å²) in [6.07, 6.45) is 2.13. The lowest BCUT2D eigenvalue weighted by molar-refractivity contribution is 0.414. The van der Waals surface area contributed by atoms with Gasteiger partial charge in [-0.15, -0.1) is 0 Å². The minimum atomic E-state index is 0.840. The lowest BCUT2D eigenvalue weighted by Gasteiger charge is -2.08. The Morgan fingerprint density at radius 3 is 1.84 bits per heavy atom. The number of nitrogens with zero attached hydrogens (tertiary/aromatic N) is 2. The van der Waals surface area contributed by atoms with Gasteiger partial charge in [0.1, 0.15) is 11.5 Å². The van der Waals surface area contributed by atoms with Crippen molar-refractivity contribution in [2.75, 3.05) is 14.2 Å². The summed E-state index contributed by atoms with van der Waals surface area (Å²) in [4.78, 5) is 7.08. The highest BCUT2D eigenvalue weighted by Crippen LogP contribution is 2.41. The highest BCUT2D eigenvalue weighted by molar-refractivity contribution is 7.20. The van der Waals surface area contributed by atoms with E-state index < -0.39 is 0 Å². The molecular formula is C26H22N2O2S. The molecule has 4 nitrogen and oxygen atoms in total. The molecule has 0 aliphatic heterocycles. The fourth-order valence-corrected chi connectivity index (χ4v) is 4.80. The number of hydrogen-bond donors (Lipinski definition) is 0. The van der Waals surface area contributed by atoms with Crippen molar-refractivity contribution in [2.24, 2.45) is 0 Å². The molecule has 0 N–H and O–H groups in total. The van der Waals surface area contributed by atoms with Gasteiger partial charge in [0.15, 0.2) is 4.96 Å². The van der Waals surface area contributed by atoms with E-state index in [1.165, 1.54) is 10.4 Å². The van der Waals surface area contributed by atoms with Crippen LogP contribution in [0.15, 0.2) is 79.0 Å². The molecule has 0 saturated heterocycles. The first-order chi connectivity index (χ1) is 15.2. The third kappa shape index (κ3) is 3.57. The fourth-order valence-electron chi connectivity index (χ4n) is 3.67. The number of aryl methyl sites for hydroxylation is 1. The Kier molecular flexibility index (Phi) is 4.96. The summed E-state index contributed by atoms with van der Waals surface area (Å²) >= 11 is 1.69. The first-order valence-electron chi connectivity index (χ1n) is 10.0. The second-order valence-corrected chi connectivity index (χ2v) is 8.36. The Bertz CT molecular complexity index is 1330.